The van der Waals surface area contributed by atoms with Crippen LogP contribution in [0.4, 0.5) is 5.69 Å². The van der Waals surface area contributed by atoms with Gasteiger partial charge in [-0.1, -0.05) is 29.3 Å². The second kappa shape index (κ2) is 9.61. The zero-order valence-electron chi connectivity index (χ0n) is 19.1. The maximum absolute atomic E-state index is 13.1. The number of methoxy groups -OCH3 is 1. The summed E-state index contributed by atoms with van der Waals surface area (Å²) in [7, 11) is 1.62. The van der Waals surface area contributed by atoms with Crippen LogP contribution in [0.25, 0.3) is 0 Å². The Balaban J connectivity index is 1.49. The lowest BCUT2D eigenvalue weighted by Crippen LogP contribution is -2.30. The van der Waals surface area contributed by atoms with Crippen molar-refractivity contribution in [1.82, 2.24) is 0 Å². The molecule has 1 heterocycles. The smallest absolute Gasteiger partial charge is 0.255 e. The van der Waals surface area contributed by atoms with E-state index in [1.165, 1.54) is 6.07 Å². The molecule has 0 unspecified atom stereocenters. The fourth-order valence-electron chi connectivity index (χ4n) is 4.01. The van der Waals surface area contributed by atoms with E-state index in [1.807, 2.05) is 18.2 Å². The monoisotopic (exact) mass is 494 g/mol. The number of amides is 1. The Kier molecular flexibility index (Phi) is 6.78. The van der Waals surface area contributed by atoms with E-state index in [1.54, 1.807) is 43.5 Å². The third-order valence-electron chi connectivity index (χ3n) is 5.66. The molecule has 0 aliphatic carbocycles. The van der Waals surface area contributed by atoms with Gasteiger partial charge in [0.15, 0.2) is 5.78 Å². The van der Waals surface area contributed by atoms with Crippen molar-refractivity contribution in [1.29, 1.82) is 0 Å². The van der Waals surface area contributed by atoms with Gasteiger partial charge in [-0.3, -0.25) is 14.6 Å². The molecule has 4 rings (SSSR count). The minimum absolute atomic E-state index is 0.0485. The van der Waals surface area contributed by atoms with Gasteiger partial charge in [0.05, 0.1) is 34.8 Å². The van der Waals surface area contributed by atoms with Gasteiger partial charge in [0.1, 0.15) is 5.75 Å². The molecular formula is C27H24Cl2N2O3. The number of aliphatic imine (C=N–C) groups is 1. The second-order valence-electron chi connectivity index (χ2n) is 8.83. The molecule has 0 aromatic heterocycles. The zero-order valence-corrected chi connectivity index (χ0v) is 20.6. The molecule has 0 spiro atoms. The lowest BCUT2D eigenvalue weighted by Gasteiger charge is -2.29. The number of nitrogens with zero attached hydrogens (tertiary/aromatic N) is 1. The number of hydrogen-bond donors (Lipinski definition) is 1. The lowest BCUT2D eigenvalue weighted by molar-refractivity contribution is 0.0998. The van der Waals surface area contributed by atoms with E-state index in [0.29, 0.717) is 26.9 Å². The molecule has 0 saturated carbocycles. The van der Waals surface area contributed by atoms with Crippen LogP contribution in [-0.4, -0.2) is 30.1 Å². The largest absolute Gasteiger partial charge is 0.497 e. The van der Waals surface area contributed by atoms with Crippen LogP contribution in [0.2, 0.25) is 10.0 Å². The van der Waals surface area contributed by atoms with Crippen LogP contribution in [0.5, 0.6) is 5.75 Å². The Morgan fingerprint density at radius 2 is 1.68 bits per heavy atom. The van der Waals surface area contributed by atoms with E-state index in [-0.39, 0.29) is 23.7 Å². The first-order valence-electron chi connectivity index (χ1n) is 10.8. The summed E-state index contributed by atoms with van der Waals surface area (Å²) in [6.07, 6.45) is 0.982. The molecule has 3 aromatic carbocycles. The van der Waals surface area contributed by atoms with E-state index in [2.05, 4.69) is 19.2 Å². The first-order valence-corrected chi connectivity index (χ1v) is 11.6. The first kappa shape index (κ1) is 24.0. The number of ether oxygens (including phenoxy) is 1. The van der Waals surface area contributed by atoms with Gasteiger partial charge in [-0.2, -0.15) is 0 Å². The number of nitrogens with one attached hydrogen (secondary N) is 1. The average Bonchev–Trinajstić information content (AvgIpc) is 2.80. The van der Waals surface area contributed by atoms with Crippen molar-refractivity contribution >= 4 is 46.3 Å². The maximum atomic E-state index is 13.1. The fraction of sp³-hybridized carbons (Fsp3) is 0.222. The molecular weight excluding hydrogens is 471 g/mol. The van der Waals surface area contributed by atoms with E-state index in [9.17, 15) is 9.59 Å². The van der Waals surface area contributed by atoms with Gasteiger partial charge in [-0.25, -0.2) is 0 Å². The van der Waals surface area contributed by atoms with Crippen LogP contribution in [0.1, 0.15) is 52.1 Å². The van der Waals surface area contributed by atoms with Gasteiger partial charge < -0.3 is 10.1 Å². The summed E-state index contributed by atoms with van der Waals surface area (Å²) >= 11 is 11.9. The summed E-state index contributed by atoms with van der Waals surface area (Å²) in [5, 5.41) is 3.49. The minimum atomic E-state index is -0.318. The number of halogens is 2. The number of ketones is 1. The zero-order chi connectivity index (χ0) is 24.5. The summed E-state index contributed by atoms with van der Waals surface area (Å²) < 4.78 is 5.37. The Morgan fingerprint density at radius 1 is 0.971 bits per heavy atom. The third kappa shape index (κ3) is 5.32. The molecule has 1 N–H and O–H groups in total. The third-order valence-corrected chi connectivity index (χ3v) is 6.40. The van der Waals surface area contributed by atoms with Gasteiger partial charge in [-0.15, -0.1) is 0 Å². The van der Waals surface area contributed by atoms with Crippen LogP contribution in [0.3, 0.4) is 0 Å². The van der Waals surface area contributed by atoms with Crippen molar-refractivity contribution in [3.63, 3.8) is 0 Å². The van der Waals surface area contributed by atoms with Crippen molar-refractivity contribution in [2.45, 2.75) is 32.2 Å². The van der Waals surface area contributed by atoms with Gasteiger partial charge in [0.25, 0.3) is 5.91 Å². The number of Topliss-reactive ketones (excluding diaryl/α,β-unsaturated/α-hetero) is 1. The summed E-state index contributed by atoms with van der Waals surface area (Å²) in [5.74, 6) is 0.371. The number of anilines is 1. The number of benzene rings is 3. The predicted molar refractivity (Wildman–Crippen MR) is 137 cm³/mol. The molecule has 3 aromatic rings. The summed E-state index contributed by atoms with van der Waals surface area (Å²) in [4.78, 5) is 30.4. The highest BCUT2D eigenvalue weighted by Gasteiger charge is 2.28. The lowest BCUT2D eigenvalue weighted by atomic mass is 9.85. The van der Waals surface area contributed by atoms with Crippen molar-refractivity contribution in [3.05, 3.63) is 93.0 Å². The molecule has 34 heavy (non-hydrogen) atoms. The summed E-state index contributed by atoms with van der Waals surface area (Å²) in [6.45, 7) is 4.13. The normalized spacial score (nSPS) is 14.1. The predicted octanol–water partition coefficient (Wildman–Crippen LogP) is 6.65. The van der Waals surface area contributed by atoms with Crippen molar-refractivity contribution in [2.24, 2.45) is 4.99 Å². The SMILES string of the molecule is COc1ccc2c(c1)C(CC(=O)c1ccc(NC(=O)c3ccc(Cl)c(Cl)c3)cc1)=NC(C)(C)C2. The molecule has 0 radical (unpaired) electrons. The Labute approximate surface area is 208 Å². The van der Waals surface area contributed by atoms with Gasteiger partial charge >= 0.3 is 0 Å². The first-order chi connectivity index (χ1) is 16.1. The second-order valence-corrected chi connectivity index (χ2v) is 9.65. The molecule has 1 amide bonds. The minimum Gasteiger partial charge on any atom is -0.497 e. The standard InChI is InChI=1S/C27H24Cl2N2O3/c1-27(2)15-18-6-10-20(34-3)13-21(18)24(31-27)14-25(32)16-4-8-19(9-5-16)30-26(33)17-7-11-22(28)23(29)12-17/h4-13H,14-15H2,1-3H3,(H,30,33). The molecule has 0 bridgehead atoms. The number of hydrogen-bond acceptors (Lipinski definition) is 4. The number of rotatable bonds is 6. The van der Waals surface area contributed by atoms with E-state index >= 15 is 0 Å². The maximum Gasteiger partial charge on any atom is 0.255 e. The molecule has 0 saturated heterocycles. The van der Waals surface area contributed by atoms with Crippen LogP contribution < -0.4 is 10.1 Å². The molecule has 7 heteroatoms. The topological polar surface area (TPSA) is 67.8 Å². The van der Waals surface area contributed by atoms with Crippen molar-refractivity contribution in [3.8, 4) is 5.75 Å². The van der Waals surface area contributed by atoms with E-state index in [0.717, 1.165) is 29.0 Å². The fourth-order valence-corrected chi connectivity index (χ4v) is 4.30. The highest BCUT2D eigenvalue weighted by Crippen LogP contribution is 2.31. The van der Waals surface area contributed by atoms with Crippen molar-refractivity contribution in [2.75, 3.05) is 12.4 Å². The van der Waals surface area contributed by atoms with Gasteiger partial charge in [0, 0.05) is 22.4 Å². The Morgan fingerprint density at radius 3 is 2.35 bits per heavy atom. The van der Waals surface area contributed by atoms with Crippen molar-refractivity contribution < 1.29 is 14.3 Å². The van der Waals surface area contributed by atoms with Gasteiger partial charge in [0.2, 0.25) is 0 Å². The Hall–Kier alpha value is -3.15. The molecule has 1 aliphatic rings. The van der Waals surface area contributed by atoms with Crippen LogP contribution in [0, 0.1) is 0 Å². The number of carbonyl (C=O) groups is 2. The van der Waals surface area contributed by atoms with Crippen LogP contribution in [0.15, 0.2) is 65.7 Å². The Bertz CT molecular complexity index is 1300. The highest BCUT2D eigenvalue weighted by molar-refractivity contribution is 6.42. The highest BCUT2D eigenvalue weighted by atomic mass is 35.5. The quantitative estimate of drug-likeness (QED) is 0.390. The summed E-state index contributed by atoms with van der Waals surface area (Å²) in [6, 6.07) is 17.4. The summed E-state index contributed by atoms with van der Waals surface area (Å²) in [5.41, 5.74) is 4.09. The van der Waals surface area contributed by atoms with Crippen LogP contribution in [-0.2, 0) is 6.42 Å². The molecule has 1 aliphatic heterocycles. The van der Waals surface area contributed by atoms with E-state index in [4.69, 9.17) is 32.9 Å². The van der Waals surface area contributed by atoms with E-state index < -0.39 is 0 Å². The molecule has 0 atom stereocenters. The molecule has 174 valence electrons. The van der Waals surface area contributed by atoms with Crippen LogP contribution >= 0.6 is 23.2 Å². The number of carbonyl (C=O) groups excluding carboxylic acids is 2. The average molecular weight is 495 g/mol. The number of fused-ring (bicyclic) bond motifs is 1. The molecule has 5 nitrogen and oxygen atoms in total. The van der Waals surface area contributed by atoms with Gasteiger partial charge in [-0.05, 0) is 80.4 Å². The molecule has 0 fully saturated rings.